The molecular formula is C36H43FN6O4. The van der Waals surface area contributed by atoms with Crippen molar-refractivity contribution in [3.63, 3.8) is 0 Å². The van der Waals surface area contributed by atoms with Crippen LogP contribution in [0.15, 0.2) is 54.7 Å². The van der Waals surface area contributed by atoms with Gasteiger partial charge in [0.1, 0.15) is 28.5 Å². The second-order valence-electron chi connectivity index (χ2n) is 14.3. The molecule has 4 heterocycles. The largest absolute Gasteiger partial charge is 0.444 e. The first-order valence-electron chi connectivity index (χ1n) is 16.3. The molecule has 2 N–H and O–H groups in total. The summed E-state index contributed by atoms with van der Waals surface area (Å²) in [6.45, 7) is 12.3. The molecule has 2 amide bonds. The maximum Gasteiger partial charge on any atom is 0.410 e. The first-order chi connectivity index (χ1) is 22.3. The first-order valence-corrected chi connectivity index (χ1v) is 16.3. The topological polar surface area (TPSA) is 116 Å². The Hall–Kier alpha value is -4.67. The van der Waals surface area contributed by atoms with E-state index in [1.165, 1.54) is 0 Å². The second kappa shape index (κ2) is 12.5. The molecule has 4 aromatic rings. The average molecular weight is 643 g/mol. The predicted molar refractivity (Wildman–Crippen MR) is 177 cm³/mol. The van der Waals surface area contributed by atoms with Crippen molar-refractivity contribution in [2.45, 2.75) is 90.5 Å². The number of nitrogens with zero attached hydrogens (tertiary/aromatic N) is 4. The van der Waals surface area contributed by atoms with Crippen LogP contribution in [0.5, 0.6) is 0 Å². The van der Waals surface area contributed by atoms with Crippen molar-refractivity contribution in [1.82, 2.24) is 29.7 Å². The third kappa shape index (κ3) is 7.18. The summed E-state index contributed by atoms with van der Waals surface area (Å²) in [6, 6.07) is 15.2. The Kier molecular flexibility index (Phi) is 8.59. The van der Waals surface area contributed by atoms with E-state index in [2.05, 4.69) is 19.9 Å². The lowest BCUT2D eigenvalue weighted by Crippen LogP contribution is -2.36. The summed E-state index contributed by atoms with van der Waals surface area (Å²) >= 11 is 0. The number of nitrogens with one attached hydrogen (secondary N) is 2. The molecule has 0 aliphatic carbocycles. The fourth-order valence-electron chi connectivity index (χ4n) is 6.21. The summed E-state index contributed by atoms with van der Waals surface area (Å²) in [4.78, 5) is 44.3. The van der Waals surface area contributed by atoms with Gasteiger partial charge in [0.15, 0.2) is 0 Å². The number of imidazole rings is 2. The molecule has 0 bridgehead atoms. The van der Waals surface area contributed by atoms with E-state index in [9.17, 15) is 9.59 Å². The molecular weight excluding hydrogens is 599 g/mol. The average Bonchev–Trinajstić information content (AvgIpc) is 3.81. The minimum Gasteiger partial charge on any atom is -0.444 e. The van der Waals surface area contributed by atoms with E-state index in [0.717, 1.165) is 47.5 Å². The molecule has 2 aromatic carbocycles. The van der Waals surface area contributed by atoms with E-state index in [1.54, 1.807) is 16.0 Å². The van der Waals surface area contributed by atoms with Crippen molar-refractivity contribution in [3.8, 4) is 33.6 Å². The fourth-order valence-corrected chi connectivity index (χ4v) is 6.21. The molecule has 0 unspecified atom stereocenters. The maximum absolute atomic E-state index is 15.1. The summed E-state index contributed by atoms with van der Waals surface area (Å²) < 4.78 is 26.3. The van der Waals surface area contributed by atoms with Crippen molar-refractivity contribution >= 4 is 12.2 Å². The summed E-state index contributed by atoms with van der Waals surface area (Å²) in [5.74, 6) is 0.647. The highest BCUT2D eigenvalue weighted by atomic mass is 19.1. The van der Waals surface area contributed by atoms with Gasteiger partial charge in [-0.05, 0) is 83.9 Å². The highest BCUT2D eigenvalue weighted by Crippen LogP contribution is 2.35. The van der Waals surface area contributed by atoms with Crippen molar-refractivity contribution in [2.24, 2.45) is 0 Å². The summed E-state index contributed by atoms with van der Waals surface area (Å²) in [6.07, 6.45) is 4.28. The molecule has 11 heteroatoms. The second-order valence-corrected chi connectivity index (χ2v) is 14.3. The van der Waals surface area contributed by atoms with Gasteiger partial charge in [0.05, 0.1) is 24.0 Å². The molecule has 0 radical (unpaired) electrons. The highest BCUT2D eigenvalue weighted by Gasteiger charge is 2.36. The van der Waals surface area contributed by atoms with Crippen LogP contribution in [0.2, 0.25) is 0 Å². The number of amides is 2. The number of hydrogen-bond donors (Lipinski definition) is 2. The number of ether oxygens (including phenoxy) is 2. The number of rotatable bonds is 5. The number of H-pyrrole nitrogens is 2. The molecule has 2 saturated heterocycles. The molecule has 0 spiro atoms. The molecule has 2 fully saturated rings. The van der Waals surface area contributed by atoms with Gasteiger partial charge in [-0.1, -0.05) is 48.5 Å². The molecule has 2 aromatic heterocycles. The zero-order valence-corrected chi connectivity index (χ0v) is 27.9. The van der Waals surface area contributed by atoms with Crippen LogP contribution in [0, 0.1) is 5.95 Å². The zero-order chi connectivity index (χ0) is 33.5. The molecule has 10 nitrogen and oxygen atoms in total. The van der Waals surface area contributed by atoms with Gasteiger partial charge in [-0.2, -0.15) is 4.39 Å². The van der Waals surface area contributed by atoms with Crippen LogP contribution in [0.25, 0.3) is 33.6 Å². The van der Waals surface area contributed by atoms with E-state index >= 15 is 4.39 Å². The summed E-state index contributed by atoms with van der Waals surface area (Å²) in [5, 5.41) is 0. The minimum absolute atomic E-state index is 0.145. The van der Waals surface area contributed by atoms with E-state index < -0.39 is 23.2 Å². The van der Waals surface area contributed by atoms with Gasteiger partial charge in [-0.3, -0.25) is 9.80 Å². The van der Waals surface area contributed by atoms with E-state index in [4.69, 9.17) is 9.47 Å². The Morgan fingerprint density at radius 2 is 1.19 bits per heavy atom. The van der Waals surface area contributed by atoms with E-state index in [0.29, 0.717) is 30.9 Å². The maximum atomic E-state index is 15.1. The Morgan fingerprint density at radius 1 is 0.723 bits per heavy atom. The van der Waals surface area contributed by atoms with Crippen LogP contribution in [0.3, 0.4) is 0 Å². The van der Waals surface area contributed by atoms with Crippen molar-refractivity contribution in [3.05, 3.63) is 72.3 Å². The van der Waals surface area contributed by atoms with Gasteiger partial charge in [-0.25, -0.2) is 19.6 Å². The fraction of sp³-hybridized carbons (Fsp3) is 0.444. The lowest BCUT2D eigenvalue weighted by atomic mass is 10.0. The van der Waals surface area contributed by atoms with Crippen LogP contribution in [-0.2, 0) is 9.47 Å². The SMILES string of the molecule is CC(C)(C)OC(=O)N1CCC[C@H]1c1ncc(-c2ccc(-c3ccc(-c4nc([C@@H]5CCCN5C(=O)OC(C)(C)C)[nH]c4F)cc3)cc2)[nH]1. The van der Waals surface area contributed by atoms with Crippen LogP contribution < -0.4 is 0 Å². The van der Waals surface area contributed by atoms with E-state index in [1.807, 2.05) is 90.1 Å². The number of aromatic amines is 2. The number of carbonyl (C=O) groups excluding carboxylic acids is 2. The van der Waals surface area contributed by atoms with Crippen molar-refractivity contribution in [2.75, 3.05) is 13.1 Å². The lowest BCUT2D eigenvalue weighted by Gasteiger charge is -2.27. The number of benzene rings is 2. The zero-order valence-electron chi connectivity index (χ0n) is 27.9. The third-order valence-corrected chi connectivity index (χ3v) is 8.35. The van der Waals surface area contributed by atoms with Crippen LogP contribution in [0.4, 0.5) is 14.0 Å². The van der Waals surface area contributed by atoms with Gasteiger partial charge in [0.2, 0.25) is 5.95 Å². The number of aromatic nitrogens is 4. The predicted octanol–water partition coefficient (Wildman–Crippen LogP) is 8.42. The molecule has 2 aliphatic rings. The smallest absolute Gasteiger partial charge is 0.410 e. The van der Waals surface area contributed by atoms with Gasteiger partial charge >= 0.3 is 12.2 Å². The Morgan fingerprint density at radius 3 is 1.70 bits per heavy atom. The lowest BCUT2D eigenvalue weighted by molar-refractivity contribution is 0.0208. The third-order valence-electron chi connectivity index (χ3n) is 8.35. The van der Waals surface area contributed by atoms with Gasteiger partial charge in [0.25, 0.3) is 0 Å². The highest BCUT2D eigenvalue weighted by molar-refractivity contribution is 5.72. The molecule has 248 valence electrons. The Balaban J connectivity index is 1.13. The summed E-state index contributed by atoms with van der Waals surface area (Å²) in [7, 11) is 0. The standard InChI is InChI=1S/C36H43FN6O4/c1-35(2,3)46-33(44)42-19-7-9-27(42)31-38-21-26(39-31)24-15-11-22(12-16-24)23-13-17-25(18-14-23)29-30(37)41-32(40-29)28-10-8-20-43(28)34(45)47-36(4,5)6/h11-18,21,27-28H,7-10,19-20H2,1-6H3,(H,38,39)(H,40,41)/t27-,28-/m0/s1. The molecule has 2 atom stereocenters. The molecule has 47 heavy (non-hydrogen) atoms. The Bertz CT molecular complexity index is 1730. The van der Waals surface area contributed by atoms with Crippen molar-refractivity contribution < 1.29 is 23.5 Å². The first kappa shape index (κ1) is 32.3. The number of halogens is 1. The quantitative estimate of drug-likeness (QED) is 0.226. The van der Waals surface area contributed by atoms with E-state index in [-0.39, 0.29) is 23.9 Å². The monoisotopic (exact) mass is 642 g/mol. The Labute approximate surface area is 274 Å². The molecule has 2 aliphatic heterocycles. The molecule has 6 rings (SSSR count). The van der Waals surface area contributed by atoms with Crippen LogP contribution in [-0.4, -0.2) is 66.2 Å². The van der Waals surface area contributed by atoms with Crippen LogP contribution >= 0.6 is 0 Å². The molecule has 0 saturated carbocycles. The van der Waals surface area contributed by atoms with Crippen molar-refractivity contribution in [1.29, 1.82) is 0 Å². The van der Waals surface area contributed by atoms with Gasteiger partial charge < -0.3 is 19.4 Å². The number of hydrogen-bond acceptors (Lipinski definition) is 6. The summed E-state index contributed by atoms with van der Waals surface area (Å²) in [5.41, 5.74) is 3.53. The minimum atomic E-state index is -0.614. The normalized spacial score (nSPS) is 18.5. The number of carbonyl (C=O) groups is 2. The van der Waals surface area contributed by atoms with Crippen LogP contribution in [0.1, 0.15) is 91.0 Å². The van der Waals surface area contributed by atoms with Gasteiger partial charge in [0, 0.05) is 18.7 Å². The van der Waals surface area contributed by atoms with Gasteiger partial charge in [-0.15, -0.1) is 0 Å². The number of likely N-dealkylation sites (tertiary alicyclic amines) is 2.